The van der Waals surface area contributed by atoms with Crippen LogP contribution in [0.1, 0.15) is 25.5 Å². The van der Waals surface area contributed by atoms with Crippen molar-refractivity contribution in [1.29, 1.82) is 0 Å². The average Bonchev–Trinajstić information content (AvgIpc) is 2.70. The number of pyridine rings is 1. The van der Waals surface area contributed by atoms with Crippen molar-refractivity contribution < 1.29 is 18.7 Å². The molecule has 1 aliphatic rings. The van der Waals surface area contributed by atoms with E-state index in [0.717, 1.165) is 18.5 Å². The molecule has 0 radical (unpaired) electrons. The lowest BCUT2D eigenvalue weighted by molar-refractivity contribution is 0.00399. The zero-order chi connectivity index (χ0) is 19.1. The molecule has 2 heterocycles. The Hall–Kier alpha value is -2.67. The van der Waals surface area contributed by atoms with Crippen LogP contribution in [0.4, 0.5) is 14.9 Å². The lowest BCUT2D eigenvalue weighted by atomic mass is 10.1. The molecule has 27 heavy (non-hydrogen) atoms. The summed E-state index contributed by atoms with van der Waals surface area (Å²) in [6.45, 7) is 3.89. The van der Waals surface area contributed by atoms with E-state index in [2.05, 4.69) is 10.3 Å². The first-order chi connectivity index (χ1) is 13.2. The molecule has 0 bridgehead atoms. The molecule has 1 aliphatic heterocycles. The van der Waals surface area contributed by atoms with Gasteiger partial charge >= 0.3 is 6.03 Å². The molecule has 0 unspecified atom stereocenters. The van der Waals surface area contributed by atoms with Gasteiger partial charge in [-0.2, -0.15) is 0 Å². The Balaban J connectivity index is 1.45. The fraction of sp³-hybridized carbons (Fsp3) is 0.400. The van der Waals surface area contributed by atoms with Gasteiger partial charge in [-0.3, -0.25) is 4.98 Å². The minimum Gasteiger partial charge on any atom is -0.494 e. The van der Waals surface area contributed by atoms with Gasteiger partial charge in [0.15, 0.2) is 0 Å². The SMILES string of the molecule is CCOc1ccc(NC(=O)N2CCC(OCc3ccccn3)CC2)c(F)c1. The average molecular weight is 373 g/mol. The van der Waals surface area contributed by atoms with Gasteiger partial charge in [0.2, 0.25) is 0 Å². The van der Waals surface area contributed by atoms with Crippen molar-refractivity contribution in [3.63, 3.8) is 0 Å². The summed E-state index contributed by atoms with van der Waals surface area (Å²) in [6, 6.07) is 9.85. The standard InChI is InChI=1S/C20H24FN3O3/c1-2-26-17-6-7-19(18(21)13-17)23-20(25)24-11-8-16(9-12-24)27-14-15-5-3-4-10-22-15/h3-7,10,13,16H,2,8-9,11-12,14H2,1H3,(H,23,25). The molecule has 7 heteroatoms. The van der Waals surface area contributed by atoms with Crippen molar-refractivity contribution >= 4 is 11.7 Å². The van der Waals surface area contributed by atoms with Gasteiger partial charge in [0, 0.05) is 25.4 Å². The first-order valence-electron chi connectivity index (χ1n) is 9.15. The van der Waals surface area contributed by atoms with Crippen LogP contribution >= 0.6 is 0 Å². The predicted molar refractivity (Wildman–Crippen MR) is 100 cm³/mol. The maximum absolute atomic E-state index is 14.1. The molecule has 0 spiro atoms. The minimum atomic E-state index is -0.511. The lowest BCUT2D eigenvalue weighted by Gasteiger charge is -2.32. The Morgan fingerprint density at radius 1 is 1.30 bits per heavy atom. The van der Waals surface area contributed by atoms with E-state index >= 15 is 0 Å². The summed E-state index contributed by atoms with van der Waals surface area (Å²) in [5.41, 5.74) is 1.04. The zero-order valence-corrected chi connectivity index (χ0v) is 15.4. The molecule has 0 atom stereocenters. The quantitative estimate of drug-likeness (QED) is 0.836. The van der Waals surface area contributed by atoms with E-state index in [-0.39, 0.29) is 17.8 Å². The van der Waals surface area contributed by atoms with Crippen molar-refractivity contribution in [2.45, 2.75) is 32.5 Å². The molecule has 6 nitrogen and oxygen atoms in total. The van der Waals surface area contributed by atoms with Crippen LogP contribution in [0, 0.1) is 5.82 Å². The van der Waals surface area contributed by atoms with Gasteiger partial charge in [-0.25, -0.2) is 9.18 Å². The summed E-state index contributed by atoms with van der Waals surface area (Å²) in [6.07, 6.45) is 3.32. The molecule has 144 valence electrons. The number of rotatable bonds is 6. The van der Waals surface area contributed by atoms with Gasteiger partial charge < -0.3 is 19.7 Å². The van der Waals surface area contributed by atoms with Crippen LogP contribution < -0.4 is 10.1 Å². The Bertz CT molecular complexity index is 749. The molecule has 0 aliphatic carbocycles. The highest BCUT2D eigenvalue weighted by Gasteiger charge is 2.24. The lowest BCUT2D eigenvalue weighted by Crippen LogP contribution is -2.43. The largest absolute Gasteiger partial charge is 0.494 e. The summed E-state index contributed by atoms with van der Waals surface area (Å²) in [7, 11) is 0. The predicted octanol–water partition coefficient (Wildman–Crippen LogP) is 3.83. The van der Waals surface area contributed by atoms with Gasteiger partial charge in [0.25, 0.3) is 0 Å². The van der Waals surface area contributed by atoms with Crippen LogP contribution in [0.3, 0.4) is 0 Å². The number of anilines is 1. The fourth-order valence-electron chi connectivity index (χ4n) is 2.96. The van der Waals surface area contributed by atoms with E-state index in [4.69, 9.17) is 9.47 Å². The Labute approximate surface area is 158 Å². The molecule has 2 aromatic rings. The Morgan fingerprint density at radius 3 is 2.78 bits per heavy atom. The number of piperidine rings is 1. The van der Waals surface area contributed by atoms with E-state index in [9.17, 15) is 9.18 Å². The second kappa shape index (κ2) is 9.32. The number of hydrogen-bond donors (Lipinski definition) is 1. The van der Waals surface area contributed by atoms with E-state index in [1.807, 2.05) is 25.1 Å². The van der Waals surface area contributed by atoms with Crippen molar-refractivity contribution in [2.24, 2.45) is 0 Å². The number of nitrogens with zero attached hydrogens (tertiary/aromatic N) is 2. The van der Waals surface area contributed by atoms with Crippen LogP contribution in [0.15, 0.2) is 42.6 Å². The molecule has 1 saturated heterocycles. The first-order valence-corrected chi connectivity index (χ1v) is 9.15. The van der Waals surface area contributed by atoms with E-state index in [1.54, 1.807) is 17.2 Å². The maximum atomic E-state index is 14.1. The van der Waals surface area contributed by atoms with Crippen LogP contribution in [0.2, 0.25) is 0 Å². The van der Waals surface area contributed by atoms with Crippen molar-refractivity contribution in [3.8, 4) is 5.75 Å². The number of likely N-dealkylation sites (tertiary alicyclic amines) is 1. The Kier molecular flexibility index (Phi) is 6.59. The summed E-state index contributed by atoms with van der Waals surface area (Å²) in [4.78, 5) is 18.3. The molecule has 1 fully saturated rings. The minimum absolute atomic E-state index is 0.0956. The number of hydrogen-bond acceptors (Lipinski definition) is 4. The van der Waals surface area contributed by atoms with Gasteiger partial charge in [0.05, 0.1) is 30.7 Å². The van der Waals surface area contributed by atoms with Crippen LogP contribution in [-0.4, -0.2) is 41.7 Å². The third kappa shape index (κ3) is 5.40. The third-order valence-electron chi connectivity index (χ3n) is 4.42. The number of halogens is 1. The normalized spacial score (nSPS) is 14.8. The number of benzene rings is 1. The fourth-order valence-corrected chi connectivity index (χ4v) is 2.96. The van der Waals surface area contributed by atoms with Gasteiger partial charge in [-0.15, -0.1) is 0 Å². The van der Waals surface area contributed by atoms with Crippen molar-refractivity contribution in [3.05, 3.63) is 54.1 Å². The highest BCUT2D eigenvalue weighted by molar-refractivity contribution is 5.89. The summed E-state index contributed by atoms with van der Waals surface area (Å²) in [5, 5.41) is 2.63. The highest BCUT2D eigenvalue weighted by atomic mass is 19.1. The van der Waals surface area contributed by atoms with Crippen molar-refractivity contribution in [1.82, 2.24) is 9.88 Å². The molecular weight excluding hydrogens is 349 g/mol. The molecule has 0 saturated carbocycles. The number of carbonyl (C=O) groups excluding carboxylic acids is 1. The van der Waals surface area contributed by atoms with Gasteiger partial charge in [-0.05, 0) is 44.0 Å². The second-order valence-electron chi connectivity index (χ2n) is 6.32. The maximum Gasteiger partial charge on any atom is 0.321 e. The third-order valence-corrected chi connectivity index (χ3v) is 4.42. The first kappa shape index (κ1) is 19.1. The number of amides is 2. The summed E-state index contributed by atoms with van der Waals surface area (Å²) < 4.78 is 25.2. The highest BCUT2D eigenvalue weighted by Crippen LogP contribution is 2.22. The molecule has 1 N–H and O–H groups in total. The molecule has 1 aromatic heterocycles. The van der Waals surface area contributed by atoms with Crippen LogP contribution in [-0.2, 0) is 11.3 Å². The number of ether oxygens (including phenoxy) is 2. The Morgan fingerprint density at radius 2 is 2.11 bits per heavy atom. The number of aromatic nitrogens is 1. The smallest absolute Gasteiger partial charge is 0.321 e. The van der Waals surface area contributed by atoms with Crippen LogP contribution in [0.5, 0.6) is 5.75 Å². The van der Waals surface area contributed by atoms with E-state index in [0.29, 0.717) is 32.1 Å². The van der Waals surface area contributed by atoms with Gasteiger partial charge in [-0.1, -0.05) is 6.07 Å². The topological polar surface area (TPSA) is 63.7 Å². The monoisotopic (exact) mass is 373 g/mol. The summed E-state index contributed by atoms with van der Waals surface area (Å²) >= 11 is 0. The van der Waals surface area contributed by atoms with Gasteiger partial charge in [0.1, 0.15) is 11.6 Å². The number of urea groups is 1. The molecular formula is C20H24FN3O3. The van der Waals surface area contributed by atoms with E-state index < -0.39 is 5.82 Å². The molecule has 2 amide bonds. The zero-order valence-electron chi connectivity index (χ0n) is 15.4. The molecule has 1 aromatic carbocycles. The molecule has 3 rings (SSSR count). The second-order valence-corrected chi connectivity index (χ2v) is 6.32. The summed E-state index contributed by atoms with van der Waals surface area (Å²) in [5.74, 6) is -0.0678. The van der Waals surface area contributed by atoms with Crippen LogP contribution in [0.25, 0.3) is 0 Å². The van der Waals surface area contributed by atoms with E-state index in [1.165, 1.54) is 12.1 Å². The number of carbonyl (C=O) groups is 1. The number of nitrogens with one attached hydrogen (secondary N) is 1. The van der Waals surface area contributed by atoms with Crippen molar-refractivity contribution in [2.75, 3.05) is 25.0 Å².